The maximum Gasteiger partial charge on any atom is 0.240 e. The van der Waals surface area contributed by atoms with Crippen LogP contribution in [-0.4, -0.2) is 28.8 Å². The van der Waals surface area contributed by atoms with Gasteiger partial charge in [0.25, 0.3) is 0 Å². The normalized spacial score (nSPS) is 20.7. The van der Waals surface area contributed by atoms with Crippen LogP contribution in [0.4, 0.5) is 5.69 Å². The summed E-state index contributed by atoms with van der Waals surface area (Å²) >= 11 is 0. The minimum Gasteiger partial charge on any atom is -0.336 e. The molecule has 0 bridgehead atoms. The molecule has 1 atom stereocenters. The average Bonchev–Trinajstić information content (AvgIpc) is 3.70. The zero-order valence-electron chi connectivity index (χ0n) is 26.3. The number of carbonyl (C=O) groups excluding carboxylic acids is 2. The summed E-state index contributed by atoms with van der Waals surface area (Å²) in [6.07, 6.45) is 22.5. The van der Waals surface area contributed by atoms with Gasteiger partial charge in [-0.3, -0.25) is 9.59 Å². The van der Waals surface area contributed by atoms with Crippen molar-refractivity contribution in [2.24, 2.45) is 0 Å². The summed E-state index contributed by atoms with van der Waals surface area (Å²) < 4.78 is 0. The van der Waals surface area contributed by atoms with Crippen LogP contribution >= 0.6 is 0 Å². The van der Waals surface area contributed by atoms with Gasteiger partial charge in [-0.05, 0) is 42.9 Å². The number of anilines is 1. The van der Waals surface area contributed by atoms with Gasteiger partial charge in [0, 0.05) is 18.7 Å². The van der Waals surface area contributed by atoms with Gasteiger partial charge in [-0.2, -0.15) is 0 Å². The highest BCUT2D eigenvalue weighted by molar-refractivity contribution is 6.10. The number of unbranched alkanes of at least 4 members (excludes halogenated alkanes) is 12. The summed E-state index contributed by atoms with van der Waals surface area (Å²) in [4.78, 5) is 32.6. The van der Waals surface area contributed by atoms with E-state index in [2.05, 4.69) is 48.2 Å². The highest BCUT2D eigenvalue weighted by atomic mass is 16.2. The molecule has 0 aromatic heterocycles. The highest BCUT2D eigenvalue weighted by Crippen LogP contribution is 2.61. The maximum atomic E-state index is 14.6. The van der Waals surface area contributed by atoms with Gasteiger partial charge in [-0.25, -0.2) is 0 Å². The SMILES string of the molecule is CCCCCCCCCCCCCCCC(=O)N1CCC2(C(=O)N(Cc3ccccc3)c3ccccc32)C12CCCC2. The van der Waals surface area contributed by atoms with E-state index >= 15 is 0 Å². The highest BCUT2D eigenvalue weighted by Gasteiger charge is 2.69. The van der Waals surface area contributed by atoms with Crippen molar-refractivity contribution in [1.29, 1.82) is 0 Å². The van der Waals surface area contributed by atoms with Crippen LogP contribution < -0.4 is 4.90 Å². The van der Waals surface area contributed by atoms with Crippen LogP contribution in [0, 0.1) is 0 Å². The van der Waals surface area contributed by atoms with Crippen LogP contribution in [-0.2, 0) is 21.5 Å². The van der Waals surface area contributed by atoms with E-state index in [4.69, 9.17) is 0 Å². The fourth-order valence-electron chi connectivity index (χ4n) is 8.54. The van der Waals surface area contributed by atoms with Gasteiger partial charge >= 0.3 is 0 Å². The molecule has 0 radical (unpaired) electrons. The number of carbonyl (C=O) groups is 2. The zero-order chi connectivity index (χ0) is 29.3. The van der Waals surface area contributed by atoms with Gasteiger partial charge in [0.1, 0.15) is 5.41 Å². The molecule has 1 saturated heterocycles. The van der Waals surface area contributed by atoms with Crippen molar-refractivity contribution < 1.29 is 9.59 Å². The van der Waals surface area contributed by atoms with E-state index in [0.29, 0.717) is 19.5 Å². The van der Waals surface area contributed by atoms with E-state index in [1.165, 1.54) is 70.6 Å². The number of nitrogens with zero attached hydrogens (tertiary/aromatic N) is 2. The number of fused-ring (bicyclic) bond motifs is 3. The number of hydrogen-bond acceptors (Lipinski definition) is 2. The Bertz CT molecular complexity index is 1150. The first kappa shape index (κ1) is 30.8. The molecule has 0 N–H and O–H groups in total. The van der Waals surface area contributed by atoms with E-state index in [1.807, 2.05) is 23.1 Å². The third-order valence-corrected chi connectivity index (χ3v) is 10.7. The molecular weight excluding hydrogens is 516 g/mol. The summed E-state index contributed by atoms with van der Waals surface area (Å²) in [5, 5.41) is 0. The number of para-hydroxylation sites is 1. The second kappa shape index (κ2) is 14.7. The van der Waals surface area contributed by atoms with Crippen LogP contribution in [0.1, 0.15) is 140 Å². The molecule has 42 heavy (non-hydrogen) atoms. The van der Waals surface area contributed by atoms with Crippen molar-refractivity contribution in [3.8, 4) is 0 Å². The summed E-state index contributed by atoms with van der Waals surface area (Å²) in [6.45, 7) is 3.57. The largest absolute Gasteiger partial charge is 0.336 e. The topological polar surface area (TPSA) is 40.6 Å². The lowest BCUT2D eigenvalue weighted by molar-refractivity contribution is -0.139. The zero-order valence-corrected chi connectivity index (χ0v) is 26.3. The summed E-state index contributed by atoms with van der Waals surface area (Å²) in [6, 6.07) is 18.8. The second-order valence-corrected chi connectivity index (χ2v) is 13.3. The van der Waals surface area contributed by atoms with Crippen molar-refractivity contribution in [2.75, 3.05) is 11.4 Å². The van der Waals surface area contributed by atoms with Crippen molar-refractivity contribution in [3.63, 3.8) is 0 Å². The smallest absolute Gasteiger partial charge is 0.240 e. The lowest BCUT2D eigenvalue weighted by Crippen LogP contribution is -2.59. The molecule has 2 aromatic carbocycles. The first-order valence-electron chi connectivity index (χ1n) is 17.4. The quantitative estimate of drug-likeness (QED) is 0.189. The molecule has 1 saturated carbocycles. The van der Waals surface area contributed by atoms with E-state index in [1.54, 1.807) is 0 Å². The molecule has 5 rings (SSSR count). The molecule has 1 unspecified atom stereocenters. The van der Waals surface area contributed by atoms with Gasteiger partial charge in [0.15, 0.2) is 0 Å². The van der Waals surface area contributed by atoms with Gasteiger partial charge in [0.2, 0.25) is 11.8 Å². The number of likely N-dealkylation sites (tertiary alicyclic amines) is 1. The first-order valence-corrected chi connectivity index (χ1v) is 17.4. The lowest BCUT2D eigenvalue weighted by Gasteiger charge is -2.45. The Morgan fingerprint density at radius 2 is 1.29 bits per heavy atom. The van der Waals surface area contributed by atoms with Crippen LogP contribution in [0.25, 0.3) is 0 Å². The predicted octanol–water partition coefficient (Wildman–Crippen LogP) is 9.50. The molecule has 4 nitrogen and oxygen atoms in total. The summed E-state index contributed by atoms with van der Waals surface area (Å²) in [5.41, 5.74) is 2.36. The van der Waals surface area contributed by atoms with Crippen LogP contribution in [0.5, 0.6) is 0 Å². The van der Waals surface area contributed by atoms with Crippen molar-refractivity contribution in [1.82, 2.24) is 4.90 Å². The Morgan fingerprint density at radius 3 is 1.93 bits per heavy atom. The van der Waals surface area contributed by atoms with E-state index in [9.17, 15) is 9.59 Å². The molecule has 2 spiro atoms. The molecule has 1 aliphatic carbocycles. The standard InChI is InChI=1S/C38H54N2O2/c1-2-3-4-5-6-7-8-9-10-11-12-13-17-26-35(41)40-30-29-38(37(40)27-20-21-28-37)33-24-18-19-25-34(33)39(36(38)42)31-32-22-15-14-16-23-32/h14-16,18-19,22-25H,2-13,17,20-21,26-31H2,1H3. The lowest BCUT2D eigenvalue weighted by atomic mass is 9.65. The first-order chi connectivity index (χ1) is 20.6. The van der Waals surface area contributed by atoms with Crippen molar-refractivity contribution in [2.45, 2.75) is 146 Å². The fraction of sp³-hybridized carbons (Fsp3) is 0.632. The molecule has 2 fully saturated rings. The van der Waals surface area contributed by atoms with Gasteiger partial charge < -0.3 is 9.80 Å². The van der Waals surface area contributed by atoms with E-state index in [-0.39, 0.29) is 17.4 Å². The minimum atomic E-state index is -0.611. The van der Waals surface area contributed by atoms with Gasteiger partial charge in [-0.15, -0.1) is 0 Å². The molecule has 2 amide bonds. The average molecular weight is 571 g/mol. The molecule has 2 aliphatic heterocycles. The third kappa shape index (κ3) is 6.19. The number of rotatable bonds is 16. The van der Waals surface area contributed by atoms with Gasteiger partial charge in [-0.1, -0.05) is 145 Å². The van der Waals surface area contributed by atoms with E-state index in [0.717, 1.165) is 61.8 Å². The van der Waals surface area contributed by atoms with Crippen LogP contribution in [0.15, 0.2) is 54.6 Å². The Hall–Kier alpha value is -2.62. The Labute approximate surface area is 255 Å². The van der Waals surface area contributed by atoms with Crippen molar-refractivity contribution >= 4 is 17.5 Å². The second-order valence-electron chi connectivity index (χ2n) is 13.3. The maximum absolute atomic E-state index is 14.6. The Morgan fingerprint density at radius 1 is 0.714 bits per heavy atom. The molecular formula is C38H54N2O2. The third-order valence-electron chi connectivity index (χ3n) is 10.7. The molecule has 2 heterocycles. The summed E-state index contributed by atoms with van der Waals surface area (Å²) in [7, 11) is 0. The number of benzene rings is 2. The predicted molar refractivity (Wildman–Crippen MR) is 174 cm³/mol. The van der Waals surface area contributed by atoms with E-state index < -0.39 is 5.41 Å². The fourth-order valence-corrected chi connectivity index (χ4v) is 8.54. The van der Waals surface area contributed by atoms with Gasteiger partial charge in [0.05, 0.1) is 12.1 Å². The Kier molecular flexibility index (Phi) is 10.8. The van der Waals surface area contributed by atoms with Crippen LogP contribution in [0.3, 0.4) is 0 Å². The summed E-state index contributed by atoms with van der Waals surface area (Å²) in [5.74, 6) is 0.495. The number of amides is 2. The molecule has 3 aliphatic rings. The molecule has 2 aromatic rings. The van der Waals surface area contributed by atoms with Crippen molar-refractivity contribution in [3.05, 3.63) is 65.7 Å². The Balaban J connectivity index is 1.16. The molecule has 4 heteroatoms. The van der Waals surface area contributed by atoms with Crippen LogP contribution in [0.2, 0.25) is 0 Å². The number of hydrogen-bond donors (Lipinski definition) is 0. The molecule has 228 valence electrons. The minimum absolute atomic E-state index is 0.214. The monoisotopic (exact) mass is 570 g/mol.